The Hall–Kier alpha value is -3.89. The average Bonchev–Trinajstić information content (AvgIpc) is 3.61. The first kappa shape index (κ1) is 31.7. The standard InChI is InChI=1S/C31H36FN7O6S2/c1-4-45-27(40)23-22(34-25(26-33-8-11-46-26)35-24(23)20-6-5-7-21(32)18(20)2)14-37-9-10-38-19(12-37)13-39(29(38)42)31-15-30(16-31,17-31)28(41)36-47(3,43)44/h5-8,11,19,24H,4,9-10,12-17H2,1-3H3,(H,34,35)(H,36,41)/t19-,24-,30?,31?/m0/s1. The molecule has 16 heteroatoms. The smallest absolute Gasteiger partial charge is 0.338 e. The molecule has 4 heterocycles. The van der Waals surface area contributed by atoms with E-state index in [0.717, 1.165) is 6.26 Å². The normalized spacial score (nSPS) is 28.6. The van der Waals surface area contributed by atoms with Gasteiger partial charge in [0.1, 0.15) is 11.9 Å². The first-order valence-corrected chi connectivity index (χ1v) is 18.3. The lowest BCUT2D eigenvalue weighted by molar-refractivity contribution is -0.203. The summed E-state index contributed by atoms with van der Waals surface area (Å²) in [5.41, 5.74) is 0.695. The number of nitrogens with zero attached hydrogens (tertiary/aromatic N) is 5. The first-order chi connectivity index (χ1) is 22.3. The molecule has 6 aliphatic rings. The predicted molar refractivity (Wildman–Crippen MR) is 170 cm³/mol. The number of urea groups is 1. The van der Waals surface area contributed by atoms with Gasteiger partial charge < -0.3 is 19.9 Å². The Kier molecular flexibility index (Phi) is 7.67. The van der Waals surface area contributed by atoms with E-state index in [9.17, 15) is 27.2 Å². The molecule has 2 N–H and O–H groups in total. The lowest BCUT2D eigenvalue weighted by atomic mass is 9.38. The van der Waals surface area contributed by atoms with Crippen molar-refractivity contribution in [3.63, 3.8) is 0 Å². The predicted octanol–water partition coefficient (Wildman–Crippen LogP) is 1.92. The molecular formula is C31H36FN7O6S2. The molecule has 2 saturated heterocycles. The Balaban J connectivity index is 1.12. The zero-order valence-electron chi connectivity index (χ0n) is 26.3. The molecule has 250 valence electrons. The number of ether oxygens (including phenoxy) is 1. The van der Waals surface area contributed by atoms with E-state index in [-0.39, 0.29) is 18.7 Å². The van der Waals surface area contributed by atoms with Gasteiger partial charge in [-0.2, -0.15) is 0 Å². The van der Waals surface area contributed by atoms with Crippen LogP contribution in [0.4, 0.5) is 9.18 Å². The highest BCUT2D eigenvalue weighted by Crippen LogP contribution is 2.70. The molecule has 0 radical (unpaired) electrons. The molecule has 3 aliphatic heterocycles. The van der Waals surface area contributed by atoms with E-state index in [1.54, 1.807) is 32.2 Å². The molecule has 3 amide bonds. The van der Waals surface area contributed by atoms with Crippen LogP contribution < -0.4 is 10.0 Å². The average molecular weight is 686 g/mol. The number of piperazine rings is 1. The zero-order chi connectivity index (χ0) is 33.3. The second-order valence-electron chi connectivity index (χ2n) is 13.1. The lowest BCUT2D eigenvalue weighted by Crippen LogP contribution is -2.78. The Labute approximate surface area is 275 Å². The Morgan fingerprint density at radius 1 is 1.21 bits per heavy atom. The number of sulfonamides is 1. The first-order valence-electron chi connectivity index (χ1n) is 15.6. The van der Waals surface area contributed by atoms with Gasteiger partial charge in [-0.05, 0) is 50.3 Å². The zero-order valence-corrected chi connectivity index (χ0v) is 27.9. The number of hydrogen-bond donors (Lipinski definition) is 2. The second kappa shape index (κ2) is 11.4. The van der Waals surface area contributed by atoms with E-state index in [4.69, 9.17) is 9.73 Å². The SMILES string of the molecule is CCOC(=O)C1=C(CN2CCN3C(=O)N(C45CC(C(=O)NS(C)(=O)=O)(C4)C5)C[C@@H]3C2)NC(c2nccs2)=N[C@H]1c1cccc(F)c1C. The molecule has 2 bridgehead atoms. The van der Waals surface area contributed by atoms with Crippen molar-refractivity contribution in [3.05, 3.63) is 63.0 Å². The van der Waals surface area contributed by atoms with E-state index in [1.165, 1.54) is 17.4 Å². The van der Waals surface area contributed by atoms with Gasteiger partial charge in [-0.3, -0.25) is 19.4 Å². The maximum Gasteiger partial charge on any atom is 0.338 e. The molecule has 8 rings (SSSR count). The van der Waals surface area contributed by atoms with Crippen LogP contribution in [0.25, 0.3) is 0 Å². The number of esters is 1. The van der Waals surface area contributed by atoms with Gasteiger partial charge in [0.25, 0.3) is 0 Å². The highest BCUT2D eigenvalue weighted by Gasteiger charge is 2.75. The fourth-order valence-corrected chi connectivity index (χ4v) is 8.98. The summed E-state index contributed by atoms with van der Waals surface area (Å²) in [5, 5.41) is 5.82. The van der Waals surface area contributed by atoms with Crippen LogP contribution in [0.3, 0.4) is 0 Å². The van der Waals surface area contributed by atoms with Crippen LogP contribution in [0, 0.1) is 18.2 Å². The molecule has 47 heavy (non-hydrogen) atoms. The molecule has 2 aromatic rings. The van der Waals surface area contributed by atoms with E-state index < -0.39 is 44.7 Å². The minimum atomic E-state index is -3.65. The van der Waals surface area contributed by atoms with E-state index in [1.807, 2.05) is 15.2 Å². The molecule has 3 saturated carbocycles. The van der Waals surface area contributed by atoms with Crippen molar-refractivity contribution >= 4 is 45.1 Å². The van der Waals surface area contributed by atoms with Gasteiger partial charge in [0.05, 0.1) is 29.9 Å². The highest BCUT2D eigenvalue weighted by atomic mass is 32.2. The third-order valence-corrected chi connectivity index (χ3v) is 11.3. The summed E-state index contributed by atoms with van der Waals surface area (Å²) in [4.78, 5) is 54.9. The number of aliphatic imine (C=N–C) groups is 1. The number of carbonyl (C=O) groups is 3. The summed E-state index contributed by atoms with van der Waals surface area (Å²) in [5.74, 6) is -0.941. The molecular weight excluding hydrogens is 650 g/mol. The topological polar surface area (TPSA) is 154 Å². The number of halogens is 1. The van der Waals surface area contributed by atoms with Gasteiger partial charge in [-0.15, -0.1) is 11.3 Å². The Morgan fingerprint density at radius 2 is 1.98 bits per heavy atom. The second-order valence-corrected chi connectivity index (χ2v) is 15.8. The molecule has 13 nitrogen and oxygen atoms in total. The fraction of sp³-hybridized carbons (Fsp3) is 0.516. The number of aromatic nitrogens is 1. The fourth-order valence-electron chi connectivity index (χ4n) is 7.84. The van der Waals surface area contributed by atoms with Gasteiger partial charge in [0, 0.05) is 55.5 Å². The number of nitrogens with one attached hydrogen (secondary N) is 2. The summed E-state index contributed by atoms with van der Waals surface area (Å²) >= 11 is 1.40. The van der Waals surface area contributed by atoms with Crippen LogP contribution in [0.5, 0.6) is 0 Å². The summed E-state index contributed by atoms with van der Waals surface area (Å²) in [7, 11) is -3.65. The van der Waals surface area contributed by atoms with Crippen molar-refractivity contribution in [1.82, 2.24) is 29.7 Å². The van der Waals surface area contributed by atoms with Crippen LogP contribution in [-0.4, -0.2) is 109 Å². The molecule has 2 atom stereocenters. The van der Waals surface area contributed by atoms with Gasteiger partial charge in [0.15, 0.2) is 10.8 Å². The molecule has 0 spiro atoms. The molecule has 3 aliphatic carbocycles. The lowest BCUT2D eigenvalue weighted by Gasteiger charge is -2.71. The molecule has 1 aromatic heterocycles. The van der Waals surface area contributed by atoms with Crippen molar-refractivity contribution in [3.8, 4) is 0 Å². The van der Waals surface area contributed by atoms with Crippen LogP contribution in [0.1, 0.15) is 48.4 Å². The number of hydrogen-bond acceptors (Lipinski definition) is 11. The van der Waals surface area contributed by atoms with Gasteiger partial charge in [-0.1, -0.05) is 12.1 Å². The summed E-state index contributed by atoms with van der Waals surface area (Å²) in [6.07, 6.45) is 4.00. The van der Waals surface area contributed by atoms with Crippen molar-refractivity contribution in [2.75, 3.05) is 45.6 Å². The largest absolute Gasteiger partial charge is 0.463 e. The van der Waals surface area contributed by atoms with Crippen LogP contribution in [-0.2, 0) is 24.3 Å². The quantitative estimate of drug-likeness (QED) is 0.377. The summed E-state index contributed by atoms with van der Waals surface area (Å²) < 4.78 is 45.6. The Bertz CT molecular complexity index is 1810. The van der Waals surface area contributed by atoms with Gasteiger partial charge in [0.2, 0.25) is 15.9 Å². The third-order valence-electron chi connectivity index (χ3n) is 10.0. The number of fused-ring (bicyclic) bond motifs is 1. The monoisotopic (exact) mass is 685 g/mol. The number of carbonyl (C=O) groups excluding carboxylic acids is 3. The van der Waals surface area contributed by atoms with Crippen molar-refractivity contribution < 1.29 is 31.9 Å². The number of thiazole rings is 1. The highest BCUT2D eigenvalue weighted by molar-refractivity contribution is 7.89. The summed E-state index contributed by atoms with van der Waals surface area (Å²) in [6.45, 7) is 5.97. The maximum absolute atomic E-state index is 14.8. The minimum absolute atomic E-state index is 0.0616. The van der Waals surface area contributed by atoms with E-state index in [2.05, 4.69) is 19.9 Å². The van der Waals surface area contributed by atoms with E-state index in [0.29, 0.717) is 85.2 Å². The number of amides is 3. The number of amidine groups is 1. The summed E-state index contributed by atoms with van der Waals surface area (Å²) in [6, 6.07) is 3.77. The van der Waals surface area contributed by atoms with Crippen LogP contribution >= 0.6 is 11.3 Å². The van der Waals surface area contributed by atoms with E-state index >= 15 is 0 Å². The van der Waals surface area contributed by atoms with Crippen LogP contribution in [0.15, 0.2) is 46.0 Å². The maximum atomic E-state index is 14.8. The number of rotatable bonds is 9. The number of benzene rings is 1. The molecule has 1 aromatic carbocycles. The molecule has 5 fully saturated rings. The minimum Gasteiger partial charge on any atom is -0.463 e. The molecule has 0 unspecified atom stereocenters. The van der Waals surface area contributed by atoms with Crippen molar-refractivity contribution in [2.24, 2.45) is 10.4 Å². The third kappa shape index (κ3) is 5.39. The van der Waals surface area contributed by atoms with Crippen molar-refractivity contribution in [2.45, 2.75) is 50.7 Å². The van der Waals surface area contributed by atoms with Crippen LogP contribution in [0.2, 0.25) is 0 Å². The van der Waals surface area contributed by atoms with Gasteiger partial charge >= 0.3 is 12.0 Å². The van der Waals surface area contributed by atoms with Gasteiger partial charge in [-0.25, -0.2) is 27.4 Å². The Morgan fingerprint density at radius 3 is 2.66 bits per heavy atom. The van der Waals surface area contributed by atoms with Crippen molar-refractivity contribution in [1.29, 1.82) is 0 Å².